The van der Waals surface area contributed by atoms with Gasteiger partial charge >= 0.3 is 0 Å². The molecule has 1 aliphatic rings. The molecule has 0 saturated carbocycles. The molecule has 1 aliphatic heterocycles. The van der Waals surface area contributed by atoms with Crippen molar-refractivity contribution in [1.29, 1.82) is 0 Å². The average molecular weight is 405 g/mol. The number of amides is 1. The summed E-state index contributed by atoms with van der Waals surface area (Å²) in [4.78, 5) is 13.6. The van der Waals surface area contributed by atoms with Gasteiger partial charge in [-0.1, -0.05) is 40.2 Å². The number of benzene rings is 2. The number of ether oxygens (including phenoxy) is 2. The molecule has 25 heavy (non-hydrogen) atoms. The molecule has 0 spiro atoms. The van der Waals surface area contributed by atoms with Gasteiger partial charge in [-0.25, -0.2) is 0 Å². The van der Waals surface area contributed by atoms with Crippen molar-refractivity contribution in [3.8, 4) is 5.75 Å². The van der Waals surface area contributed by atoms with Gasteiger partial charge in [0.2, 0.25) is 5.91 Å². The first kappa shape index (κ1) is 17.9. The van der Waals surface area contributed by atoms with Crippen molar-refractivity contribution < 1.29 is 14.3 Å². The molecule has 3 rings (SSSR count). The third kappa shape index (κ3) is 5.04. The van der Waals surface area contributed by atoms with Gasteiger partial charge in [0.05, 0.1) is 13.2 Å². The fourth-order valence-electron chi connectivity index (χ4n) is 2.81. The number of morpholine rings is 1. The van der Waals surface area contributed by atoms with Crippen molar-refractivity contribution >= 4 is 21.8 Å². The minimum absolute atomic E-state index is 0.339. The third-order valence-corrected chi connectivity index (χ3v) is 4.66. The topological polar surface area (TPSA) is 64.8 Å². The summed E-state index contributed by atoms with van der Waals surface area (Å²) in [5.74, 6) is 0.478. The monoisotopic (exact) mass is 404 g/mol. The summed E-state index contributed by atoms with van der Waals surface area (Å²) >= 11 is 3.46. The van der Waals surface area contributed by atoms with Crippen LogP contribution >= 0.6 is 15.9 Å². The van der Waals surface area contributed by atoms with Crippen LogP contribution in [0.15, 0.2) is 53.0 Å². The first-order chi connectivity index (χ1) is 12.1. The standard InChI is InChI=1S/C19H21BrN2O3/c20-16-3-1-2-15(10-16)12-25-17-6-4-14(5-7-17)11-22-8-9-24-13-18(22)19(21)23/h1-7,10,18H,8-9,11-13H2,(H2,21,23)/t18-/m0/s1. The first-order valence-corrected chi connectivity index (χ1v) is 8.98. The SMILES string of the molecule is NC(=O)[C@@H]1COCCN1Cc1ccc(OCc2cccc(Br)c2)cc1. The highest BCUT2D eigenvalue weighted by Gasteiger charge is 2.27. The summed E-state index contributed by atoms with van der Waals surface area (Å²) in [5, 5.41) is 0. The number of hydrogen-bond donors (Lipinski definition) is 1. The molecule has 0 unspecified atom stereocenters. The van der Waals surface area contributed by atoms with Crippen molar-refractivity contribution in [3.05, 3.63) is 64.1 Å². The highest BCUT2D eigenvalue weighted by Crippen LogP contribution is 2.18. The largest absolute Gasteiger partial charge is 0.489 e. The van der Waals surface area contributed by atoms with E-state index in [1.54, 1.807) is 0 Å². The van der Waals surface area contributed by atoms with Crippen molar-refractivity contribution in [2.24, 2.45) is 5.73 Å². The fourth-order valence-corrected chi connectivity index (χ4v) is 3.26. The van der Waals surface area contributed by atoms with Gasteiger partial charge in [0.25, 0.3) is 0 Å². The number of nitrogens with zero attached hydrogens (tertiary/aromatic N) is 1. The van der Waals surface area contributed by atoms with Gasteiger partial charge in [-0.2, -0.15) is 0 Å². The van der Waals surface area contributed by atoms with Gasteiger partial charge < -0.3 is 15.2 Å². The molecule has 1 atom stereocenters. The lowest BCUT2D eigenvalue weighted by Gasteiger charge is -2.33. The van der Waals surface area contributed by atoms with E-state index >= 15 is 0 Å². The molecule has 0 bridgehead atoms. The summed E-state index contributed by atoms with van der Waals surface area (Å²) in [6.07, 6.45) is 0. The van der Waals surface area contributed by atoms with Crippen LogP contribution in [0, 0.1) is 0 Å². The Kier molecular flexibility index (Phi) is 6.07. The van der Waals surface area contributed by atoms with Crippen molar-refractivity contribution in [3.63, 3.8) is 0 Å². The van der Waals surface area contributed by atoms with E-state index in [9.17, 15) is 4.79 Å². The maximum Gasteiger partial charge on any atom is 0.237 e. The van der Waals surface area contributed by atoms with E-state index < -0.39 is 0 Å². The second kappa shape index (κ2) is 8.47. The molecule has 6 heteroatoms. The number of nitrogens with two attached hydrogens (primary N) is 1. The van der Waals surface area contributed by atoms with Crippen molar-refractivity contribution in [2.45, 2.75) is 19.2 Å². The normalized spacial score (nSPS) is 18.0. The zero-order valence-corrected chi connectivity index (χ0v) is 15.4. The smallest absolute Gasteiger partial charge is 0.237 e. The highest BCUT2D eigenvalue weighted by atomic mass is 79.9. The lowest BCUT2D eigenvalue weighted by atomic mass is 10.1. The van der Waals surface area contributed by atoms with E-state index in [0.29, 0.717) is 32.9 Å². The zero-order valence-electron chi connectivity index (χ0n) is 13.9. The second-order valence-electron chi connectivity index (χ2n) is 6.03. The number of carbonyl (C=O) groups excluding carboxylic acids is 1. The number of carbonyl (C=O) groups is 1. The van der Waals surface area contributed by atoms with Crippen LogP contribution in [0.3, 0.4) is 0 Å². The molecule has 0 aliphatic carbocycles. The summed E-state index contributed by atoms with van der Waals surface area (Å²) in [6, 6.07) is 15.6. The fraction of sp³-hybridized carbons (Fsp3) is 0.316. The number of halogens is 1. The van der Waals surface area contributed by atoms with E-state index in [-0.39, 0.29) is 11.9 Å². The molecule has 0 radical (unpaired) electrons. The van der Waals surface area contributed by atoms with Crippen molar-refractivity contribution in [1.82, 2.24) is 4.90 Å². The molecule has 1 fully saturated rings. The number of hydrogen-bond acceptors (Lipinski definition) is 4. The van der Waals surface area contributed by atoms with Crippen LogP contribution in [0.4, 0.5) is 0 Å². The Morgan fingerprint density at radius 2 is 2.04 bits per heavy atom. The Bertz CT molecular complexity index is 721. The van der Waals surface area contributed by atoms with Crippen LogP contribution in [0.1, 0.15) is 11.1 Å². The zero-order chi connectivity index (χ0) is 17.6. The molecular weight excluding hydrogens is 384 g/mol. The van der Waals surface area contributed by atoms with E-state index in [4.69, 9.17) is 15.2 Å². The van der Waals surface area contributed by atoms with Crippen molar-refractivity contribution in [2.75, 3.05) is 19.8 Å². The van der Waals surface area contributed by atoms with E-state index in [1.165, 1.54) is 0 Å². The van der Waals surface area contributed by atoms with Crippen LogP contribution < -0.4 is 10.5 Å². The minimum Gasteiger partial charge on any atom is -0.489 e. The van der Waals surface area contributed by atoms with Gasteiger partial charge in [-0.3, -0.25) is 9.69 Å². The maximum absolute atomic E-state index is 11.5. The van der Waals surface area contributed by atoms with Gasteiger partial charge in [0.1, 0.15) is 18.4 Å². The minimum atomic E-state index is -0.360. The molecule has 2 aromatic rings. The van der Waals surface area contributed by atoms with Gasteiger partial charge in [-0.05, 0) is 35.4 Å². The third-order valence-electron chi connectivity index (χ3n) is 4.17. The summed E-state index contributed by atoms with van der Waals surface area (Å²) < 4.78 is 12.2. The molecule has 1 saturated heterocycles. The van der Waals surface area contributed by atoms with E-state index in [2.05, 4.69) is 20.8 Å². The van der Waals surface area contributed by atoms with Gasteiger partial charge in [-0.15, -0.1) is 0 Å². The summed E-state index contributed by atoms with van der Waals surface area (Å²) in [5.41, 5.74) is 7.68. The predicted molar refractivity (Wildman–Crippen MR) is 99.1 cm³/mol. The highest BCUT2D eigenvalue weighted by molar-refractivity contribution is 9.10. The molecule has 132 valence electrons. The lowest BCUT2D eigenvalue weighted by Crippen LogP contribution is -2.51. The van der Waals surface area contributed by atoms with Crippen LogP contribution in [-0.2, 0) is 22.7 Å². The van der Waals surface area contributed by atoms with Crippen LogP contribution in [0.2, 0.25) is 0 Å². The Balaban J connectivity index is 1.57. The first-order valence-electron chi connectivity index (χ1n) is 8.19. The Morgan fingerprint density at radius 1 is 1.24 bits per heavy atom. The number of rotatable bonds is 6. The maximum atomic E-state index is 11.5. The van der Waals surface area contributed by atoms with Crippen LogP contribution in [0.25, 0.3) is 0 Å². The molecule has 0 aromatic heterocycles. The molecule has 2 N–H and O–H groups in total. The van der Waals surface area contributed by atoms with E-state index in [1.807, 2.05) is 48.5 Å². The summed E-state index contributed by atoms with van der Waals surface area (Å²) in [6.45, 7) is 2.88. The van der Waals surface area contributed by atoms with Gasteiger partial charge in [0, 0.05) is 17.6 Å². The van der Waals surface area contributed by atoms with Gasteiger partial charge in [0.15, 0.2) is 0 Å². The second-order valence-corrected chi connectivity index (χ2v) is 6.94. The Labute approximate surface area is 155 Å². The summed E-state index contributed by atoms with van der Waals surface area (Å²) in [7, 11) is 0. The molecule has 1 amide bonds. The quantitative estimate of drug-likeness (QED) is 0.803. The molecule has 5 nitrogen and oxygen atoms in total. The number of primary amides is 1. The predicted octanol–water partition coefficient (Wildman–Crippen LogP) is 2.71. The Hall–Kier alpha value is -1.89. The van der Waals surface area contributed by atoms with E-state index in [0.717, 1.165) is 21.3 Å². The average Bonchev–Trinajstić information content (AvgIpc) is 2.61. The molecular formula is C19H21BrN2O3. The Morgan fingerprint density at radius 3 is 2.76 bits per heavy atom. The molecule has 2 aromatic carbocycles. The van der Waals surface area contributed by atoms with Crippen LogP contribution in [0.5, 0.6) is 5.75 Å². The van der Waals surface area contributed by atoms with Crippen LogP contribution in [-0.4, -0.2) is 36.6 Å². The lowest BCUT2D eigenvalue weighted by molar-refractivity contribution is -0.129. The molecule has 1 heterocycles.